The van der Waals surface area contributed by atoms with E-state index in [4.69, 9.17) is 0 Å². The first-order chi connectivity index (χ1) is 11.8. The fraction of sp³-hybridized carbons (Fsp3) is 0. The van der Waals surface area contributed by atoms with Gasteiger partial charge in [-0.3, -0.25) is 4.98 Å². The van der Waals surface area contributed by atoms with Gasteiger partial charge in [-0.2, -0.15) is 0 Å². The van der Waals surface area contributed by atoms with Gasteiger partial charge in [-0.25, -0.2) is 0 Å². The van der Waals surface area contributed by atoms with Crippen LogP contribution in [0.2, 0.25) is 0 Å². The molecule has 0 saturated heterocycles. The maximum absolute atomic E-state index is 10.9. The molecule has 4 aromatic rings. The summed E-state index contributed by atoms with van der Waals surface area (Å²) >= 11 is 0. The van der Waals surface area contributed by atoms with E-state index in [0.717, 1.165) is 10.7 Å². The summed E-state index contributed by atoms with van der Waals surface area (Å²) in [4.78, 5) is 4.37. The average Bonchev–Trinajstić information content (AvgIpc) is 2.66. The van der Waals surface area contributed by atoms with Gasteiger partial charge in [0, 0.05) is 35.7 Å². The smallest absolute Gasteiger partial charge is 0.150 e. The SMILES string of the molecule is Oc1c(P(c2ccccc2)c2ccccc2)ccc2cccnc12.[Li]. The van der Waals surface area contributed by atoms with Crippen LogP contribution in [0.3, 0.4) is 0 Å². The molecule has 0 bridgehead atoms. The molecule has 0 atom stereocenters. The third kappa shape index (κ3) is 3.48. The number of aromatic nitrogens is 1. The van der Waals surface area contributed by atoms with Crippen LogP contribution < -0.4 is 15.9 Å². The van der Waals surface area contributed by atoms with Gasteiger partial charge in [0.25, 0.3) is 0 Å². The molecular weight excluding hydrogens is 320 g/mol. The van der Waals surface area contributed by atoms with Crippen molar-refractivity contribution in [1.82, 2.24) is 4.98 Å². The summed E-state index contributed by atoms with van der Waals surface area (Å²) < 4.78 is 0. The summed E-state index contributed by atoms with van der Waals surface area (Å²) in [6.45, 7) is 0. The van der Waals surface area contributed by atoms with E-state index in [-0.39, 0.29) is 24.6 Å². The van der Waals surface area contributed by atoms with E-state index >= 15 is 0 Å². The van der Waals surface area contributed by atoms with E-state index in [9.17, 15) is 5.11 Å². The quantitative estimate of drug-likeness (QED) is 0.460. The zero-order valence-corrected chi connectivity index (χ0v) is 14.9. The van der Waals surface area contributed by atoms with Gasteiger partial charge in [0.05, 0.1) is 0 Å². The minimum Gasteiger partial charge on any atom is -0.505 e. The topological polar surface area (TPSA) is 33.1 Å². The number of hydrogen-bond acceptors (Lipinski definition) is 2. The van der Waals surface area contributed by atoms with Gasteiger partial charge in [-0.15, -0.1) is 0 Å². The molecule has 0 unspecified atom stereocenters. The van der Waals surface area contributed by atoms with Crippen LogP contribution in [0.1, 0.15) is 0 Å². The number of fused-ring (bicyclic) bond motifs is 1. The Labute approximate surface area is 160 Å². The van der Waals surface area contributed by atoms with Crippen LogP contribution in [-0.4, -0.2) is 29.0 Å². The molecule has 1 aromatic heterocycles. The van der Waals surface area contributed by atoms with Crippen molar-refractivity contribution in [3.8, 4) is 5.75 Å². The molecule has 0 saturated carbocycles. The third-order valence-electron chi connectivity index (χ3n) is 4.00. The maximum Gasteiger partial charge on any atom is 0.150 e. The number of benzene rings is 3. The van der Waals surface area contributed by atoms with Crippen molar-refractivity contribution in [2.24, 2.45) is 0 Å². The number of rotatable bonds is 3. The predicted octanol–water partition coefficient (Wildman–Crippen LogP) is 3.32. The molecule has 0 aliphatic heterocycles. The molecular formula is C21H16LiNOP. The molecule has 3 aromatic carbocycles. The van der Waals surface area contributed by atoms with E-state index in [1.54, 1.807) is 6.20 Å². The molecule has 0 spiro atoms. The summed E-state index contributed by atoms with van der Waals surface area (Å²) in [6, 6.07) is 28.7. The Morgan fingerprint density at radius 3 is 1.88 bits per heavy atom. The van der Waals surface area contributed by atoms with E-state index < -0.39 is 7.92 Å². The first kappa shape index (κ1) is 17.7. The molecule has 2 nitrogen and oxygen atoms in total. The summed E-state index contributed by atoms with van der Waals surface area (Å²) in [7, 11) is -0.830. The van der Waals surface area contributed by atoms with Crippen LogP contribution >= 0.6 is 7.92 Å². The Morgan fingerprint density at radius 1 is 0.680 bits per heavy atom. The Morgan fingerprint density at radius 2 is 1.28 bits per heavy atom. The monoisotopic (exact) mass is 336 g/mol. The number of hydrogen-bond donors (Lipinski definition) is 1. The van der Waals surface area contributed by atoms with Gasteiger partial charge >= 0.3 is 0 Å². The molecule has 0 aliphatic carbocycles. The Balaban J connectivity index is 0.00000182. The summed E-state index contributed by atoms with van der Waals surface area (Å²) in [5, 5.41) is 15.2. The molecule has 1 N–H and O–H groups in total. The third-order valence-corrected chi connectivity index (χ3v) is 6.47. The van der Waals surface area contributed by atoms with Gasteiger partial charge < -0.3 is 5.11 Å². The molecule has 4 rings (SSSR count). The minimum absolute atomic E-state index is 0. The Hall–Kier alpha value is -2.10. The summed E-state index contributed by atoms with van der Waals surface area (Å²) in [5.74, 6) is 0.284. The number of phenolic OH excluding ortho intramolecular Hbond substituents is 1. The van der Waals surface area contributed by atoms with Gasteiger partial charge in [0.1, 0.15) is 11.3 Å². The average molecular weight is 336 g/mol. The second kappa shape index (κ2) is 7.85. The van der Waals surface area contributed by atoms with Gasteiger partial charge in [-0.1, -0.05) is 72.8 Å². The summed E-state index contributed by atoms with van der Waals surface area (Å²) in [6.07, 6.45) is 1.72. The van der Waals surface area contributed by atoms with Crippen molar-refractivity contribution in [3.63, 3.8) is 0 Å². The van der Waals surface area contributed by atoms with Crippen LogP contribution in [0.25, 0.3) is 10.9 Å². The fourth-order valence-electron chi connectivity index (χ4n) is 2.88. The van der Waals surface area contributed by atoms with E-state index in [0.29, 0.717) is 5.52 Å². The van der Waals surface area contributed by atoms with Crippen molar-refractivity contribution < 1.29 is 5.11 Å². The number of aromatic hydroxyl groups is 1. The number of phenols is 1. The number of nitrogens with zero attached hydrogens (tertiary/aromatic N) is 1. The second-order valence-electron chi connectivity index (χ2n) is 5.51. The van der Waals surface area contributed by atoms with Gasteiger partial charge in [0.15, 0.2) is 0 Å². The molecule has 0 aliphatic rings. The zero-order chi connectivity index (χ0) is 16.4. The predicted molar refractivity (Wildman–Crippen MR) is 108 cm³/mol. The van der Waals surface area contributed by atoms with E-state index in [1.807, 2.05) is 60.7 Å². The molecule has 1 radical (unpaired) electrons. The molecule has 0 fully saturated rings. The second-order valence-corrected chi connectivity index (χ2v) is 7.70. The van der Waals surface area contributed by atoms with Crippen LogP contribution in [0, 0.1) is 0 Å². The Kier molecular flexibility index (Phi) is 5.56. The van der Waals surface area contributed by atoms with Gasteiger partial charge in [-0.05, 0) is 30.7 Å². The first-order valence-electron chi connectivity index (χ1n) is 7.81. The summed E-state index contributed by atoms with van der Waals surface area (Å²) in [5.41, 5.74) is 0.661. The molecule has 1 heterocycles. The van der Waals surface area contributed by atoms with Crippen LogP contribution in [0.5, 0.6) is 5.75 Å². The van der Waals surface area contributed by atoms with Gasteiger partial charge in [0.2, 0.25) is 0 Å². The van der Waals surface area contributed by atoms with Crippen molar-refractivity contribution in [3.05, 3.63) is 91.1 Å². The van der Waals surface area contributed by atoms with Crippen molar-refractivity contribution in [2.75, 3.05) is 0 Å². The van der Waals surface area contributed by atoms with Crippen molar-refractivity contribution in [2.45, 2.75) is 0 Å². The fourth-order valence-corrected chi connectivity index (χ4v) is 5.22. The van der Waals surface area contributed by atoms with Crippen molar-refractivity contribution >= 4 is 53.6 Å². The molecule has 117 valence electrons. The molecule has 0 amide bonds. The normalized spacial score (nSPS) is 10.6. The maximum atomic E-state index is 10.9. The van der Waals surface area contributed by atoms with E-state index in [2.05, 4.69) is 29.2 Å². The standard InChI is InChI=1S/C21H16NOP.Li/c23-21-19(14-13-16-8-7-15-22-20(16)21)24(17-9-3-1-4-10-17)18-11-5-2-6-12-18;/h1-15,23H;. The number of pyridine rings is 1. The Bertz CT molecular complexity index is 937. The van der Waals surface area contributed by atoms with Crippen LogP contribution in [-0.2, 0) is 0 Å². The van der Waals surface area contributed by atoms with Crippen molar-refractivity contribution in [1.29, 1.82) is 0 Å². The first-order valence-corrected chi connectivity index (χ1v) is 9.16. The molecule has 25 heavy (non-hydrogen) atoms. The molecule has 4 heteroatoms. The largest absolute Gasteiger partial charge is 0.505 e. The zero-order valence-electron chi connectivity index (χ0n) is 14.0. The minimum atomic E-state index is -0.830. The van der Waals surface area contributed by atoms with Crippen LogP contribution in [0.15, 0.2) is 91.1 Å². The van der Waals surface area contributed by atoms with Crippen LogP contribution in [0.4, 0.5) is 0 Å². The van der Waals surface area contributed by atoms with E-state index in [1.165, 1.54) is 10.6 Å².